The van der Waals surface area contributed by atoms with Crippen LogP contribution in [0.4, 0.5) is 0 Å². The maximum absolute atomic E-state index is 11.9. The molecule has 4 nitrogen and oxygen atoms in total. The number of amides is 1. The topological polar surface area (TPSA) is 35.6 Å². The second-order valence-electron chi connectivity index (χ2n) is 4.95. The van der Waals surface area contributed by atoms with Crippen molar-refractivity contribution in [1.82, 2.24) is 15.1 Å². The van der Waals surface area contributed by atoms with Crippen LogP contribution >= 0.6 is 0 Å². The van der Waals surface area contributed by atoms with Crippen molar-refractivity contribution in [3.05, 3.63) is 0 Å². The molecule has 1 heterocycles. The van der Waals surface area contributed by atoms with E-state index in [1.54, 1.807) is 4.90 Å². The average molecular weight is 241 g/mol. The SMILES string of the molecule is CCN1CCC(NC(C)C(=O)N(C)CC)CC1. The largest absolute Gasteiger partial charge is 0.345 e. The molecule has 0 radical (unpaired) electrons. The van der Waals surface area contributed by atoms with Gasteiger partial charge >= 0.3 is 0 Å². The summed E-state index contributed by atoms with van der Waals surface area (Å²) in [6.07, 6.45) is 2.31. The number of carbonyl (C=O) groups is 1. The van der Waals surface area contributed by atoms with Gasteiger partial charge in [-0.3, -0.25) is 4.79 Å². The van der Waals surface area contributed by atoms with Gasteiger partial charge in [0, 0.05) is 19.6 Å². The van der Waals surface area contributed by atoms with Gasteiger partial charge in [0.2, 0.25) is 5.91 Å². The summed E-state index contributed by atoms with van der Waals surface area (Å²) in [5.41, 5.74) is 0. The third kappa shape index (κ3) is 4.28. The Bertz CT molecular complexity index is 237. The molecule has 0 saturated carbocycles. The molecule has 1 aliphatic rings. The van der Waals surface area contributed by atoms with E-state index < -0.39 is 0 Å². The van der Waals surface area contributed by atoms with E-state index in [-0.39, 0.29) is 11.9 Å². The Labute approximate surface area is 105 Å². The molecule has 1 amide bonds. The smallest absolute Gasteiger partial charge is 0.239 e. The predicted octanol–water partition coefficient (Wildman–Crippen LogP) is 0.927. The van der Waals surface area contributed by atoms with Crippen molar-refractivity contribution in [3.8, 4) is 0 Å². The van der Waals surface area contributed by atoms with E-state index in [2.05, 4.69) is 17.1 Å². The highest BCUT2D eigenvalue weighted by atomic mass is 16.2. The van der Waals surface area contributed by atoms with E-state index in [0.29, 0.717) is 6.04 Å². The number of rotatable bonds is 5. The molecule has 17 heavy (non-hydrogen) atoms. The number of carbonyl (C=O) groups excluding carboxylic acids is 1. The number of hydrogen-bond donors (Lipinski definition) is 1. The molecule has 1 fully saturated rings. The second kappa shape index (κ2) is 6.97. The second-order valence-corrected chi connectivity index (χ2v) is 4.95. The van der Waals surface area contributed by atoms with Gasteiger partial charge in [-0.15, -0.1) is 0 Å². The van der Waals surface area contributed by atoms with E-state index in [9.17, 15) is 4.79 Å². The number of piperidine rings is 1. The van der Waals surface area contributed by atoms with Crippen molar-refractivity contribution in [3.63, 3.8) is 0 Å². The van der Waals surface area contributed by atoms with Gasteiger partial charge in [-0.25, -0.2) is 0 Å². The van der Waals surface area contributed by atoms with Crippen LogP contribution in [0.2, 0.25) is 0 Å². The van der Waals surface area contributed by atoms with E-state index in [1.165, 1.54) is 0 Å². The molecule has 0 bridgehead atoms. The first-order valence-electron chi connectivity index (χ1n) is 6.81. The minimum Gasteiger partial charge on any atom is -0.345 e. The molecule has 1 atom stereocenters. The maximum Gasteiger partial charge on any atom is 0.239 e. The first-order valence-corrected chi connectivity index (χ1v) is 6.81. The van der Waals surface area contributed by atoms with Crippen molar-refractivity contribution in [2.24, 2.45) is 0 Å². The highest BCUT2D eigenvalue weighted by Crippen LogP contribution is 2.10. The maximum atomic E-state index is 11.9. The normalized spacial score (nSPS) is 20.2. The lowest BCUT2D eigenvalue weighted by molar-refractivity contribution is -0.131. The summed E-state index contributed by atoms with van der Waals surface area (Å²) < 4.78 is 0. The number of nitrogens with zero attached hydrogens (tertiary/aromatic N) is 2. The number of hydrogen-bond acceptors (Lipinski definition) is 3. The zero-order chi connectivity index (χ0) is 12.8. The zero-order valence-corrected chi connectivity index (χ0v) is 11.7. The van der Waals surface area contributed by atoms with Crippen LogP contribution < -0.4 is 5.32 Å². The van der Waals surface area contributed by atoms with Crippen molar-refractivity contribution in [2.75, 3.05) is 33.2 Å². The third-order valence-electron chi connectivity index (χ3n) is 3.74. The third-order valence-corrected chi connectivity index (χ3v) is 3.74. The quantitative estimate of drug-likeness (QED) is 0.778. The van der Waals surface area contributed by atoms with Crippen molar-refractivity contribution in [2.45, 2.75) is 45.7 Å². The highest BCUT2D eigenvalue weighted by molar-refractivity contribution is 5.81. The first kappa shape index (κ1) is 14.5. The minimum absolute atomic E-state index is 0.0573. The van der Waals surface area contributed by atoms with Crippen LogP contribution in [0.3, 0.4) is 0 Å². The van der Waals surface area contributed by atoms with Crippen molar-refractivity contribution >= 4 is 5.91 Å². The molecule has 0 aliphatic carbocycles. The molecule has 0 aromatic carbocycles. The lowest BCUT2D eigenvalue weighted by Gasteiger charge is -2.33. The Morgan fingerprint density at radius 2 is 2.00 bits per heavy atom. The fourth-order valence-corrected chi connectivity index (χ4v) is 2.33. The Hall–Kier alpha value is -0.610. The van der Waals surface area contributed by atoms with Crippen LogP contribution in [0.25, 0.3) is 0 Å². The van der Waals surface area contributed by atoms with E-state index >= 15 is 0 Å². The lowest BCUT2D eigenvalue weighted by Crippen LogP contribution is -2.50. The number of likely N-dealkylation sites (tertiary alicyclic amines) is 1. The van der Waals surface area contributed by atoms with Gasteiger partial charge in [0.25, 0.3) is 0 Å². The average Bonchev–Trinajstić information content (AvgIpc) is 2.37. The van der Waals surface area contributed by atoms with Crippen LogP contribution in [0, 0.1) is 0 Å². The Morgan fingerprint density at radius 1 is 1.41 bits per heavy atom. The van der Waals surface area contributed by atoms with Gasteiger partial charge in [-0.05, 0) is 46.3 Å². The molecule has 100 valence electrons. The summed E-state index contributed by atoms with van der Waals surface area (Å²) in [4.78, 5) is 16.2. The van der Waals surface area contributed by atoms with Gasteiger partial charge in [0.05, 0.1) is 6.04 Å². The summed E-state index contributed by atoms with van der Waals surface area (Å²) in [5, 5.41) is 3.46. The van der Waals surface area contributed by atoms with Gasteiger partial charge in [-0.2, -0.15) is 0 Å². The first-order chi connectivity index (χ1) is 8.08. The van der Waals surface area contributed by atoms with Crippen LogP contribution in [-0.2, 0) is 4.79 Å². The monoisotopic (exact) mass is 241 g/mol. The van der Waals surface area contributed by atoms with Crippen molar-refractivity contribution in [1.29, 1.82) is 0 Å². The van der Waals surface area contributed by atoms with Gasteiger partial charge in [-0.1, -0.05) is 6.92 Å². The fraction of sp³-hybridized carbons (Fsp3) is 0.923. The summed E-state index contributed by atoms with van der Waals surface area (Å²) >= 11 is 0. The Kier molecular flexibility index (Phi) is 5.92. The van der Waals surface area contributed by atoms with Crippen LogP contribution in [0.5, 0.6) is 0 Å². The number of nitrogens with one attached hydrogen (secondary N) is 1. The summed E-state index contributed by atoms with van der Waals surface area (Å²) in [6, 6.07) is 0.445. The summed E-state index contributed by atoms with van der Waals surface area (Å²) in [6.45, 7) is 10.4. The van der Waals surface area contributed by atoms with E-state index in [0.717, 1.165) is 39.0 Å². The molecule has 1 N–H and O–H groups in total. The molecule has 1 unspecified atom stereocenters. The Morgan fingerprint density at radius 3 is 2.47 bits per heavy atom. The molecule has 1 saturated heterocycles. The predicted molar refractivity (Wildman–Crippen MR) is 71.0 cm³/mol. The van der Waals surface area contributed by atoms with E-state index in [4.69, 9.17) is 0 Å². The van der Waals surface area contributed by atoms with E-state index in [1.807, 2.05) is 20.9 Å². The molecule has 4 heteroatoms. The van der Waals surface area contributed by atoms with Gasteiger partial charge in [0.1, 0.15) is 0 Å². The van der Waals surface area contributed by atoms with Crippen LogP contribution in [-0.4, -0.2) is 61.0 Å². The van der Waals surface area contributed by atoms with Crippen LogP contribution in [0.1, 0.15) is 33.6 Å². The minimum atomic E-state index is -0.0573. The molecule has 0 aromatic rings. The molecule has 0 spiro atoms. The standard InChI is InChI=1S/C13H27N3O/c1-5-15(4)13(17)11(3)14-12-7-9-16(6-2)10-8-12/h11-12,14H,5-10H2,1-4H3. The number of likely N-dealkylation sites (N-methyl/N-ethyl adjacent to an activating group) is 1. The summed E-state index contributed by atoms with van der Waals surface area (Å²) in [7, 11) is 1.86. The van der Waals surface area contributed by atoms with Crippen molar-refractivity contribution < 1.29 is 4.79 Å². The van der Waals surface area contributed by atoms with Gasteiger partial charge < -0.3 is 15.1 Å². The molecule has 0 aromatic heterocycles. The Balaban J connectivity index is 2.32. The molecule has 1 aliphatic heterocycles. The summed E-state index contributed by atoms with van der Waals surface area (Å²) in [5.74, 6) is 0.199. The van der Waals surface area contributed by atoms with Crippen LogP contribution in [0.15, 0.2) is 0 Å². The fourth-order valence-electron chi connectivity index (χ4n) is 2.33. The molecular weight excluding hydrogens is 214 g/mol. The lowest BCUT2D eigenvalue weighted by atomic mass is 10.0. The highest BCUT2D eigenvalue weighted by Gasteiger charge is 2.23. The molecule has 1 rings (SSSR count). The molecular formula is C13H27N3O. The zero-order valence-electron chi connectivity index (χ0n) is 11.7. The van der Waals surface area contributed by atoms with Gasteiger partial charge in [0.15, 0.2) is 0 Å².